The second kappa shape index (κ2) is 12.7. The number of rotatable bonds is 8. The summed E-state index contributed by atoms with van der Waals surface area (Å²) in [6.07, 6.45) is -4.12. The van der Waals surface area contributed by atoms with E-state index in [0.717, 1.165) is 29.9 Å². The van der Waals surface area contributed by atoms with E-state index in [1.54, 1.807) is 24.3 Å². The molecule has 2 aromatic carbocycles. The Bertz CT molecular complexity index is 1290. The van der Waals surface area contributed by atoms with E-state index in [1.165, 1.54) is 6.07 Å². The first-order valence-electron chi connectivity index (χ1n) is 11.5. The van der Waals surface area contributed by atoms with Crippen molar-refractivity contribution in [2.24, 2.45) is 0 Å². The van der Waals surface area contributed by atoms with Crippen LogP contribution in [0.5, 0.6) is 0 Å². The molecule has 1 aromatic heterocycles. The van der Waals surface area contributed by atoms with Crippen LogP contribution in [-0.4, -0.2) is 51.1 Å². The number of hydrogen-bond acceptors (Lipinski definition) is 5. The molecule has 0 bridgehead atoms. The molecular formula is C26H29F3N4O5. The van der Waals surface area contributed by atoms with E-state index in [-0.39, 0.29) is 11.5 Å². The average Bonchev–Trinajstić information content (AvgIpc) is 3.17. The van der Waals surface area contributed by atoms with E-state index in [9.17, 15) is 27.9 Å². The van der Waals surface area contributed by atoms with Crippen molar-refractivity contribution < 1.29 is 37.8 Å². The Morgan fingerprint density at radius 3 is 2.16 bits per heavy atom. The summed E-state index contributed by atoms with van der Waals surface area (Å²) >= 11 is 0. The van der Waals surface area contributed by atoms with Crippen LogP contribution >= 0.6 is 0 Å². The number of aromatic carboxylic acids is 1. The highest BCUT2D eigenvalue weighted by Gasteiger charge is 2.38. The smallest absolute Gasteiger partial charge is 0.478 e. The van der Waals surface area contributed by atoms with Gasteiger partial charge >= 0.3 is 18.1 Å². The Hall–Kier alpha value is -4.35. The predicted molar refractivity (Wildman–Crippen MR) is 136 cm³/mol. The van der Waals surface area contributed by atoms with Gasteiger partial charge in [0.25, 0.3) is 5.91 Å². The van der Waals surface area contributed by atoms with Crippen LogP contribution in [0, 0.1) is 13.8 Å². The number of nitrogens with one attached hydrogen (secondary N) is 1. The number of aryl methyl sites for hydroxylation is 3. The first kappa shape index (κ1) is 29.9. The van der Waals surface area contributed by atoms with Gasteiger partial charge in [0.2, 0.25) is 0 Å². The van der Waals surface area contributed by atoms with Crippen LogP contribution in [-0.2, 0) is 17.9 Å². The maximum absolute atomic E-state index is 12.5. The minimum atomic E-state index is -5.08. The fraction of sp³-hybridized carbons (Fsp3) is 0.308. The Kier molecular flexibility index (Phi) is 10.0. The number of amides is 1. The summed E-state index contributed by atoms with van der Waals surface area (Å²) < 4.78 is 33.7. The number of alkyl halides is 3. The van der Waals surface area contributed by atoms with Gasteiger partial charge in [-0.05, 0) is 56.7 Å². The molecule has 0 saturated heterocycles. The molecule has 0 atom stereocenters. The summed E-state index contributed by atoms with van der Waals surface area (Å²) in [5.74, 6) is -4.09. The summed E-state index contributed by atoms with van der Waals surface area (Å²) in [7, 11) is 1.85. The van der Waals surface area contributed by atoms with Gasteiger partial charge in [-0.1, -0.05) is 24.6 Å². The number of carboxylic acid groups (broad SMARTS) is 2. The molecule has 0 fully saturated rings. The van der Waals surface area contributed by atoms with Gasteiger partial charge in [-0.2, -0.15) is 18.3 Å². The van der Waals surface area contributed by atoms with E-state index in [0.29, 0.717) is 23.5 Å². The molecule has 0 radical (unpaired) electrons. The molecule has 38 heavy (non-hydrogen) atoms. The molecule has 0 aliphatic heterocycles. The number of nitrogens with zero attached hydrogens (tertiary/aromatic N) is 3. The van der Waals surface area contributed by atoms with Crippen molar-refractivity contribution in [3.05, 3.63) is 76.6 Å². The number of aliphatic carboxylic acids is 1. The lowest BCUT2D eigenvalue weighted by Gasteiger charge is -2.22. The number of carbonyl (C=O) groups excluding carboxylic acids is 1. The summed E-state index contributed by atoms with van der Waals surface area (Å²) in [5.41, 5.74) is 4.67. The summed E-state index contributed by atoms with van der Waals surface area (Å²) in [6.45, 7) is 7.33. The zero-order valence-corrected chi connectivity index (χ0v) is 21.3. The quantitative estimate of drug-likeness (QED) is 0.366. The Balaban J connectivity index is 0.000000638. The second-order valence-corrected chi connectivity index (χ2v) is 8.52. The van der Waals surface area contributed by atoms with Crippen molar-refractivity contribution in [1.82, 2.24) is 9.78 Å². The lowest BCUT2D eigenvalue weighted by atomic mass is 10.1. The lowest BCUT2D eigenvalue weighted by Crippen LogP contribution is -2.22. The molecule has 0 aliphatic carbocycles. The first-order chi connectivity index (χ1) is 17.7. The Labute approximate surface area is 217 Å². The monoisotopic (exact) mass is 534 g/mol. The van der Waals surface area contributed by atoms with Crippen LogP contribution in [0.3, 0.4) is 0 Å². The van der Waals surface area contributed by atoms with Crippen molar-refractivity contribution in [3.8, 4) is 0 Å². The van der Waals surface area contributed by atoms with Crippen molar-refractivity contribution in [1.29, 1.82) is 0 Å². The lowest BCUT2D eigenvalue weighted by molar-refractivity contribution is -0.192. The summed E-state index contributed by atoms with van der Waals surface area (Å²) in [5, 5.41) is 24.2. The van der Waals surface area contributed by atoms with Gasteiger partial charge in [0.15, 0.2) is 0 Å². The maximum atomic E-state index is 12.5. The molecule has 9 nitrogen and oxygen atoms in total. The normalized spacial score (nSPS) is 10.8. The first-order valence-corrected chi connectivity index (χ1v) is 11.5. The zero-order valence-electron chi connectivity index (χ0n) is 21.3. The topological polar surface area (TPSA) is 125 Å². The van der Waals surface area contributed by atoms with Crippen LogP contribution in [0.2, 0.25) is 0 Å². The zero-order chi connectivity index (χ0) is 28.6. The SMILES string of the molecule is CCCn1nc(C)cc1CN(C)c1ccc(NC(=O)c2ccc(C)cc2)cc1C(=O)O.O=C(O)C(F)(F)F. The predicted octanol–water partition coefficient (Wildman–Crippen LogP) is 5.13. The molecule has 0 spiro atoms. The third-order valence-electron chi connectivity index (χ3n) is 5.27. The molecule has 3 rings (SSSR count). The minimum Gasteiger partial charge on any atom is -0.478 e. The molecule has 0 aliphatic rings. The van der Waals surface area contributed by atoms with Gasteiger partial charge < -0.3 is 20.4 Å². The molecule has 0 unspecified atom stereocenters. The Morgan fingerprint density at radius 1 is 1.03 bits per heavy atom. The second-order valence-electron chi connectivity index (χ2n) is 8.52. The Morgan fingerprint density at radius 2 is 1.63 bits per heavy atom. The number of carbonyl (C=O) groups is 3. The molecular weight excluding hydrogens is 505 g/mol. The number of anilines is 2. The van der Waals surface area contributed by atoms with E-state index >= 15 is 0 Å². The fourth-order valence-corrected chi connectivity index (χ4v) is 3.49. The van der Waals surface area contributed by atoms with Crippen molar-refractivity contribution in [2.45, 2.75) is 46.5 Å². The van der Waals surface area contributed by atoms with Crippen molar-refractivity contribution in [3.63, 3.8) is 0 Å². The third kappa shape index (κ3) is 8.36. The van der Waals surface area contributed by atoms with Crippen LogP contribution in [0.4, 0.5) is 24.5 Å². The van der Waals surface area contributed by atoms with Gasteiger partial charge in [-0.25, -0.2) is 9.59 Å². The van der Waals surface area contributed by atoms with Crippen LogP contribution in [0.1, 0.15) is 51.0 Å². The highest BCUT2D eigenvalue weighted by molar-refractivity contribution is 6.05. The van der Waals surface area contributed by atoms with Gasteiger partial charge in [-0.3, -0.25) is 9.48 Å². The summed E-state index contributed by atoms with van der Waals surface area (Å²) in [6, 6.07) is 14.2. The number of aromatic nitrogens is 2. The average molecular weight is 535 g/mol. The van der Waals surface area contributed by atoms with Gasteiger partial charge in [0.1, 0.15) is 0 Å². The van der Waals surface area contributed by atoms with Crippen molar-refractivity contribution in [2.75, 3.05) is 17.3 Å². The molecule has 12 heteroatoms. The fourth-order valence-electron chi connectivity index (χ4n) is 3.49. The highest BCUT2D eigenvalue weighted by atomic mass is 19.4. The largest absolute Gasteiger partial charge is 0.490 e. The van der Waals surface area contributed by atoms with Gasteiger partial charge in [0, 0.05) is 24.8 Å². The number of benzene rings is 2. The maximum Gasteiger partial charge on any atom is 0.490 e. The molecule has 204 valence electrons. The number of hydrogen-bond donors (Lipinski definition) is 3. The van der Waals surface area contributed by atoms with E-state index in [1.807, 2.05) is 48.7 Å². The summed E-state index contributed by atoms with van der Waals surface area (Å²) in [4.78, 5) is 35.2. The third-order valence-corrected chi connectivity index (χ3v) is 5.27. The minimum absolute atomic E-state index is 0.127. The standard InChI is InChI=1S/C24H28N4O3.C2HF3O2/c1-5-12-28-20(13-17(3)26-28)15-27(4)22-11-10-19(14-21(22)24(30)31)25-23(29)18-8-6-16(2)7-9-18;3-2(4,5)1(6)7/h6-11,13-14H,5,12,15H2,1-4H3,(H,25,29)(H,30,31);(H,6,7). The van der Waals surface area contributed by atoms with E-state index in [4.69, 9.17) is 9.90 Å². The van der Waals surface area contributed by atoms with Gasteiger partial charge in [-0.15, -0.1) is 0 Å². The van der Waals surface area contributed by atoms with Crippen LogP contribution in [0.25, 0.3) is 0 Å². The van der Waals surface area contributed by atoms with Gasteiger partial charge in [0.05, 0.1) is 29.2 Å². The van der Waals surface area contributed by atoms with Crippen molar-refractivity contribution >= 4 is 29.2 Å². The molecule has 3 N–H and O–H groups in total. The van der Waals surface area contributed by atoms with E-state index in [2.05, 4.69) is 17.3 Å². The van der Waals surface area contributed by atoms with Crippen LogP contribution < -0.4 is 10.2 Å². The number of carboxylic acids is 2. The molecule has 1 amide bonds. The highest BCUT2D eigenvalue weighted by Crippen LogP contribution is 2.26. The molecule has 3 aromatic rings. The van der Waals surface area contributed by atoms with E-state index < -0.39 is 18.1 Å². The molecule has 1 heterocycles. The molecule has 0 saturated carbocycles. The number of halogens is 3. The van der Waals surface area contributed by atoms with Crippen LogP contribution in [0.15, 0.2) is 48.5 Å².